The molecule has 0 atom stereocenters. The fourth-order valence-corrected chi connectivity index (χ4v) is 1.89. The third kappa shape index (κ3) is 7.63. The Kier molecular flexibility index (Phi) is 9.04. The fraction of sp³-hybridized carbons (Fsp3) is 0.368. The number of hydrogen-bond donors (Lipinski definition) is 1. The predicted octanol–water partition coefficient (Wildman–Crippen LogP) is 6.41. The van der Waals surface area contributed by atoms with E-state index < -0.39 is 0 Å². The van der Waals surface area contributed by atoms with Crippen molar-refractivity contribution in [3.05, 3.63) is 60.7 Å². The average Bonchev–Trinajstić information content (AvgIpc) is 2.51. The van der Waals surface area contributed by atoms with Gasteiger partial charge in [-0.3, -0.25) is 0 Å². The molecule has 0 spiro atoms. The van der Waals surface area contributed by atoms with E-state index >= 15 is 0 Å². The normalized spacial score (nSPS) is 9.50. The summed E-state index contributed by atoms with van der Waals surface area (Å²) in [5.74, 6) is 0. The second-order valence-electron chi connectivity index (χ2n) is 4.92. The molecule has 2 aromatic carbocycles. The highest BCUT2D eigenvalue weighted by molar-refractivity contribution is 5.58. The van der Waals surface area contributed by atoms with Crippen molar-refractivity contribution in [2.24, 2.45) is 0 Å². The summed E-state index contributed by atoms with van der Waals surface area (Å²) >= 11 is 0. The summed E-state index contributed by atoms with van der Waals surface area (Å²) in [4.78, 5) is 0. The molecule has 20 heavy (non-hydrogen) atoms. The first-order chi connectivity index (χ1) is 9.86. The van der Waals surface area contributed by atoms with Crippen molar-refractivity contribution in [2.75, 3.05) is 5.32 Å². The van der Waals surface area contributed by atoms with Crippen LogP contribution in [0.15, 0.2) is 60.7 Å². The molecule has 0 saturated carbocycles. The molecule has 0 saturated heterocycles. The molecule has 0 aliphatic rings. The van der Waals surface area contributed by atoms with Crippen LogP contribution >= 0.6 is 0 Å². The van der Waals surface area contributed by atoms with Gasteiger partial charge in [-0.05, 0) is 24.3 Å². The molecular weight excluding hydrogens is 242 g/mol. The lowest BCUT2D eigenvalue weighted by atomic mass is 10.2. The van der Waals surface area contributed by atoms with Gasteiger partial charge in [-0.25, -0.2) is 0 Å². The monoisotopic (exact) mass is 269 g/mol. The van der Waals surface area contributed by atoms with E-state index in [4.69, 9.17) is 0 Å². The Hall–Kier alpha value is -1.76. The molecule has 0 bridgehead atoms. The first-order valence-electron chi connectivity index (χ1n) is 7.74. The van der Waals surface area contributed by atoms with Gasteiger partial charge in [-0.15, -0.1) is 0 Å². The van der Waals surface area contributed by atoms with Gasteiger partial charge in [0.1, 0.15) is 0 Å². The summed E-state index contributed by atoms with van der Waals surface area (Å²) in [7, 11) is 0. The number of anilines is 2. The molecular formula is C19H27N. The van der Waals surface area contributed by atoms with Crippen LogP contribution in [0.3, 0.4) is 0 Å². The molecule has 0 aliphatic carbocycles. The van der Waals surface area contributed by atoms with Crippen LogP contribution in [0.5, 0.6) is 0 Å². The molecule has 0 fully saturated rings. The Morgan fingerprint density at radius 2 is 1.00 bits per heavy atom. The minimum absolute atomic E-state index is 1.12. The van der Waals surface area contributed by atoms with Gasteiger partial charge in [0.2, 0.25) is 0 Å². The standard InChI is InChI=1S/C12H11N.C7H16/c1-3-7-11(8-4-1)13-12-9-5-2-6-10-12;1-3-5-7-6-4-2/h1-10,13H;3-7H2,1-2H3. The number of hydrogen-bond acceptors (Lipinski definition) is 1. The molecule has 0 radical (unpaired) electrons. The van der Waals surface area contributed by atoms with E-state index in [1.807, 2.05) is 60.7 Å². The summed E-state index contributed by atoms with van der Waals surface area (Å²) in [6, 6.07) is 20.3. The van der Waals surface area contributed by atoms with Crippen LogP contribution in [0, 0.1) is 0 Å². The third-order valence-electron chi connectivity index (χ3n) is 3.04. The second kappa shape index (κ2) is 11.1. The van der Waals surface area contributed by atoms with E-state index in [1.54, 1.807) is 0 Å². The summed E-state index contributed by atoms with van der Waals surface area (Å²) in [6.07, 6.45) is 7.01. The van der Waals surface area contributed by atoms with Crippen LogP contribution < -0.4 is 5.32 Å². The van der Waals surface area contributed by atoms with Gasteiger partial charge in [0.25, 0.3) is 0 Å². The lowest BCUT2D eigenvalue weighted by Crippen LogP contribution is -1.87. The molecule has 2 rings (SSSR count). The molecule has 0 aliphatic heterocycles. The van der Waals surface area contributed by atoms with Gasteiger partial charge in [0.15, 0.2) is 0 Å². The maximum atomic E-state index is 3.30. The highest BCUT2D eigenvalue weighted by atomic mass is 14.9. The highest BCUT2D eigenvalue weighted by Gasteiger charge is 1.89. The van der Waals surface area contributed by atoms with E-state index in [-0.39, 0.29) is 0 Å². The number of nitrogens with one attached hydrogen (secondary N) is 1. The molecule has 0 amide bonds. The molecule has 1 heteroatoms. The zero-order chi connectivity index (χ0) is 14.5. The van der Waals surface area contributed by atoms with Gasteiger partial charge >= 0.3 is 0 Å². The van der Waals surface area contributed by atoms with E-state index in [2.05, 4.69) is 19.2 Å². The van der Waals surface area contributed by atoms with E-state index in [0.717, 1.165) is 11.4 Å². The summed E-state index contributed by atoms with van der Waals surface area (Å²) < 4.78 is 0. The first kappa shape index (κ1) is 16.3. The van der Waals surface area contributed by atoms with E-state index in [1.165, 1.54) is 32.1 Å². The largest absolute Gasteiger partial charge is 0.356 e. The average molecular weight is 269 g/mol. The van der Waals surface area contributed by atoms with Crippen LogP contribution in [0.2, 0.25) is 0 Å². The minimum Gasteiger partial charge on any atom is -0.356 e. The molecule has 108 valence electrons. The third-order valence-corrected chi connectivity index (χ3v) is 3.04. The van der Waals surface area contributed by atoms with Crippen molar-refractivity contribution in [2.45, 2.75) is 46.0 Å². The van der Waals surface area contributed by atoms with Crippen molar-refractivity contribution in [1.82, 2.24) is 0 Å². The van der Waals surface area contributed by atoms with E-state index in [0.29, 0.717) is 0 Å². The molecule has 0 heterocycles. The zero-order valence-electron chi connectivity index (χ0n) is 12.8. The quantitative estimate of drug-likeness (QED) is 0.598. The zero-order valence-corrected chi connectivity index (χ0v) is 12.8. The lowest BCUT2D eigenvalue weighted by molar-refractivity contribution is 0.656. The first-order valence-corrected chi connectivity index (χ1v) is 7.74. The summed E-state index contributed by atoms with van der Waals surface area (Å²) in [5, 5.41) is 3.30. The van der Waals surface area contributed by atoms with Crippen LogP contribution in [-0.4, -0.2) is 0 Å². The Morgan fingerprint density at radius 1 is 0.600 bits per heavy atom. The minimum atomic E-state index is 1.12. The number of rotatable bonds is 6. The topological polar surface area (TPSA) is 12.0 Å². The van der Waals surface area contributed by atoms with E-state index in [9.17, 15) is 0 Å². The number of para-hydroxylation sites is 2. The molecule has 0 aromatic heterocycles. The SMILES string of the molecule is CCCCCCC.c1ccc(Nc2ccccc2)cc1. The Balaban J connectivity index is 0.000000246. The van der Waals surface area contributed by atoms with Crippen molar-refractivity contribution in [1.29, 1.82) is 0 Å². The predicted molar refractivity (Wildman–Crippen MR) is 90.6 cm³/mol. The van der Waals surface area contributed by atoms with Crippen LogP contribution in [0.25, 0.3) is 0 Å². The van der Waals surface area contributed by atoms with Crippen LogP contribution in [-0.2, 0) is 0 Å². The van der Waals surface area contributed by atoms with Gasteiger partial charge in [-0.1, -0.05) is 82.3 Å². The second-order valence-corrected chi connectivity index (χ2v) is 4.92. The van der Waals surface area contributed by atoms with Gasteiger partial charge in [0.05, 0.1) is 0 Å². The Bertz CT molecular complexity index is 381. The van der Waals surface area contributed by atoms with Crippen LogP contribution in [0.4, 0.5) is 11.4 Å². The molecule has 1 N–H and O–H groups in total. The van der Waals surface area contributed by atoms with Crippen molar-refractivity contribution >= 4 is 11.4 Å². The maximum Gasteiger partial charge on any atom is 0.0384 e. The van der Waals surface area contributed by atoms with Gasteiger partial charge in [0, 0.05) is 11.4 Å². The van der Waals surface area contributed by atoms with Gasteiger partial charge in [-0.2, -0.15) is 0 Å². The summed E-state index contributed by atoms with van der Waals surface area (Å²) in [5.41, 5.74) is 2.24. The summed E-state index contributed by atoms with van der Waals surface area (Å²) in [6.45, 7) is 4.49. The van der Waals surface area contributed by atoms with Crippen molar-refractivity contribution in [3.8, 4) is 0 Å². The molecule has 2 aromatic rings. The van der Waals surface area contributed by atoms with Gasteiger partial charge < -0.3 is 5.32 Å². The smallest absolute Gasteiger partial charge is 0.0384 e. The highest BCUT2D eigenvalue weighted by Crippen LogP contribution is 2.14. The molecule has 0 unspecified atom stereocenters. The fourth-order valence-electron chi connectivity index (χ4n) is 1.89. The number of benzene rings is 2. The Morgan fingerprint density at radius 3 is 1.35 bits per heavy atom. The molecule has 1 nitrogen and oxygen atoms in total. The van der Waals surface area contributed by atoms with Crippen molar-refractivity contribution in [3.63, 3.8) is 0 Å². The van der Waals surface area contributed by atoms with Crippen molar-refractivity contribution < 1.29 is 0 Å². The Labute approximate surface area is 124 Å². The maximum absolute atomic E-state index is 3.30. The number of unbranched alkanes of at least 4 members (excludes halogenated alkanes) is 4. The lowest BCUT2D eigenvalue weighted by Gasteiger charge is -2.04. The van der Waals surface area contributed by atoms with Crippen LogP contribution in [0.1, 0.15) is 46.0 Å².